The van der Waals surface area contributed by atoms with Crippen molar-refractivity contribution in [3.8, 4) is 0 Å². The Labute approximate surface area is 105 Å². The molecule has 0 aliphatic carbocycles. The van der Waals surface area contributed by atoms with Gasteiger partial charge in [0.25, 0.3) is 0 Å². The zero-order valence-electron chi connectivity index (χ0n) is 10.8. The number of ether oxygens (including phenoxy) is 1. The monoisotopic (exact) mass is 261 g/mol. The summed E-state index contributed by atoms with van der Waals surface area (Å²) in [5, 5.41) is 2.90. The summed E-state index contributed by atoms with van der Waals surface area (Å²) < 4.78 is 42.8. The molecule has 0 saturated heterocycles. The first kappa shape index (κ1) is 14.8. The van der Waals surface area contributed by atoms with E-state index >= 15 is 0 Å². The van der Waals surface area contributed by atoms with Crippen LogP contribution in [0.15, 0.2) is 24.3 Å². The van der Waals surface area contributed by atoms with Crippen LogP contribution in [-0.4, -0.2) is 18.8 Å². The molecule has 1 aromatic carbocycles. The third-order valence-corrected chi connectivity index (χ3v) is 2.16. The van der Waals surface area contributed by atoms with Gasteiger partial charge in [-0.05, 0) is 39.0 Å². The van der Waals surface area contributed by atoms with E-state index in [0.29, 0.717) is 18.8 Å². The number of nitrogens with one attached hydrogen (secondary N) is 1. The van der Waals surface area contributed by atoms with Crippen LogP contribution in [0.2, 0.25) is 0 Å². The van der Waals surface area contributed by atoms with Gasteiger partial charge in [-0.1, -0.05) is 6.07 Å². The maximum atomic E-state index is 12.5. The number of hydrogen-bond donors (Lipinski definition) is 1. The van der Waals surface area contributed by atoms with Gasteiger partial charge in [-0.25, -0.2) is 0 Å². The number of halogens is 3. The molecule has 0 atom stereocenters. The second kappa shape index (κ2) is 5.61. The fourth-order valence-electron chi connectivity index (χ4n) is 1.36. The van der Waals surface area contributed by atoms with Crippen molar-refractivity contribution in [2.75, 3.05) is 18.5 Å². The fraction of sp³-hybridized carbons (Fsp3) is 0.538. The Morgan fingerprint density at radius 3 is 2.39 bits per heavy atom. The lowest BCUT2D eigenvalue weighted by molar-refractivity contribution is -0.137. The minimum absolute atomic E-state index is 0.241. The second-order valence-electron chi connectivity index (χ2n) is 4.97. The molecule has 18 heavy (non-hydrogen) atoms. The van der Waals surface area contributed by atoms with E-state index in [1.54, 1.807) is 6.07 Å². The van der Waals surface area contributed by atoms with Crippen LogP contribution in [0.4, 0.5) is 18.9 Å². The van der Waals surface area contributed by atoms with Gasteiger partial charge in [0.2, 0.25) is 0 Å². The first-order chi connectivity index (χ1) is 8.18. The Kier molecular flexibility index (Phi) is 4.62. The first-order valence-corrected chi connectivity index (χ1v) is 5.73. The largest absolute Gasteiger partial charge is 0.416 e. The Morgan fingerprint density at radius 1 is 1.17 bits per heavy atom. The molecule has 0 unspecified atom stereocenters. The van der Waals surface area contributed by atoms with Gasteiger partial charge < -0.3 is 10.1 Å². The molecule has 0 amide bonds. The molecule has 0 spiro atoms. The molecular weight excluding hydrogens is 243 g/mol. The van der Waals surface area contributed by atoms with E-state index in [1.165, 1.54) is 6.07 Å². The predicted molar refractivity (Wildman–Crippen MR) is 65.6 cm³/mol. The van der Waals surface area contributed by atoms with Gasteiger partial charge in [0.05, 0.1) is 17.8 Å². The van der Waals surface area contributed by atoms with E-state index in [0.717, 1.165) is 12.1 Å². The lowest BCUT2D eigenvalue weighted by atomic mass is 10.2. The predicted octanol–water partition coefficient (Wildman–Crippen LogP) is 3.93. The summed E-state index contributed by atoms with van der Waals surface area (Å²) in [6.07, 6.45) is -4.31. The molecule has 1 aromatic rings. The smallest absolute Gasteiger partial charge is 0.383 e. The topological polar surface area (TPSA) is 21.3 Å². The standard InChI is InChI=1S/C13H18F3NO/c1-12(2,3)18-8-7-17-11-6-4-5-10(9-11)13(14,15)16/h4-6,9,17H,7-8H2,1-3H3. The molecule has 0 aliphatic rings. The van der Waals surface area contributed by atoms with Crippen LogP contribution >= 0.6 is 0 Å². The van der Waals surface area contributed by atoms with Crippen LogP contribution in [0, 0.1) is 0 Å². The average Bonchev–Trinajstić information content (AvgIpc) is 2.22. The summed E-state index contributed by atoms with van der Waals surface area (Å²) >= 11 is 0. The number of hydrogen-bond acceptors (Lipinski definition) is 2. The Bertz CT molecular complexity index is 383. The molecule has 0 saturated carbocycles. The van der Waals surface area contributed by atoms with Crippen LogP contribution in [-0.2, 0) is 10.9 Å². The van der Waals surface area contributed by atoms with Crippen molar-refractivity contribution in [1.82, 2.24) is 0 Å². The van der Waals surface area contributed by atoms with E-state index in [1.807, 2.05) is 20.8 Å². The molecule has 0 heterocycles. The van der Waals surface area contributed by atoms with Crippen molar-refractivity contribution in [2.45, 2.75) is 32.5 Å². The lowest BCUT2D eigenvalue weighted by Gasteiger charge is -2.19. The normalized spacial score (nSPS) is 12.6. The van der Waals surface area contributed by atoms with Crippen LogP contribution in [0.3, 0.4) is 0 Å². The second-order valence-corrected chi connectivity index (χ2v) is 4.97. The summed E-state index contributed by atoms with van der Waals surface area (Å²) in [6, 6.07) is 5.13. The van der Waals surface area contributed by atoms with Crippen molar-refractivity contribution in [3.63, 3.8) is 0 Å². The highest BCUT2D eigenvalue weighted by atomic mass is 19.4. The third kappa shape index (κ3) is 5.40. The minimum Gasteiger partial charge on any atom is -0.383 e. The molecule has 1 N–H and O–H groups in total. The van der Waals surface area contributed by atoms with Crippen molar-refractivity contribution < 1.29 is 17.9 Å². The van der Waals surface area contributed by atoms with E-state index in [2.05, 4.69) is 5.32 Å². The van der Waals surface area contributed by atoms with Crippen LogP contribution in [0.5, 0.6) is 0 Å². The van der Waals surface area contributed by atoms with Gasteiger partial charge in [-0.2, -0.15) is 13.2 Å². The molecule has 0 aromatic heterocycles. The molecule has 0 fully saturated rings. The highest BCUT2D eigenvalue weighted by molar-refractivity contribution is 5.46. The van der Waals surface area contributed by atoms with Gasteiger partial charge >= 0.3 is 6.18 Å². The number of rotatable bonds is 4. The van der Waals surface area contributed by atoms with Crippen LogP contribution in [0.25, 0.3) is 0 Å². The van der Waals surface area contributed by atoms with E-state index in [9.17, 15) is 13.2 Å². The molecule has 0 aliphatic heterocycles. The minimum atomic E-state index is -4.31. The van der Waals surface area contributed by atoms with Gasteiger partial charge in [-0.15, -0.1) is 0 Å². The Morgan fingerprint density at radius 2 is 1.83 bits per heavy atom. The van der Waals surface area contributed by atoms with E-state index in [-0.39, 0.29) is 5.60 Å². The van der Waals surface area contributed by atoms with E-state index < -0.39 is 11.7 Å². The number of benzene rings is 1. The molecule has 0 radical (unpaired) electrons. The van der Waals surface area contributed by atoms with Crippen molar-refractivity contribution in [2.24, 2.45) is 0 Å². The molecule has 1 rings (SSSR count). The first-order valence-electron chi connectivity index (χ1n) is 5.73. The zero-order valence-corrected chi connectivity index (χ0v) is 10.8. The van der Waals surface area contributed by atoms with Crippen LogP contribution in [0.1, 0.15) is 26.3 Å². The number of anilines is 1. The fourth-order valence-corrected chi connectivity index (χ4v) is 1.36. The summed E-state index contributed by atoms with van der Waals surface area (Å²) in [5.41, 5.74) is -0.443. The summed E-state index contributed by atoms with van der Waals surface area (Å²) in [6.45, 7) is 6.70. The zero-order chi connectivity index (χ0) is 13.8. The molecular formula is C13H18F3NO. The SMILES string of the molecule is CC(C)(C)OCCNc1cccc(C(F)(F)F)c1. The van der Waals surface area contributed by atoms with Crippen molar-refractivity contribution in [1.29, 1.82) is 0 Å². The van der Waals surface area contributed by atoms with Gasteiger partial charge in [0.1, 0.15) is 0 Å². The lowest BCUT2D eigenvalue weighted by Crippen LogP contribution is -2.23. The highest BCUT2D eigenvalue weighted by Crippen LogP contribution is 2.30. The third-order valence-electron chi connectivity index (χ3n) is 2.16. The maximum Gasteiger partial charge on any atom is 0.416 e. The molecule has 2 nitrogen and oxygen atoms in total. The van der Waals surface area contributed by atoms with Gasteiger partial charge in [0, 0.05) is 12.2 Å². The Balaban J connectivity index is 2.49. The van der Waals surface area contributed by atoms with Gasteiger partial charge in [-0.3, -0.25) is 0 Å². The Hall–Kier alpha value is -1.23. The summed E-state index contributed by atoms with van der Waals surface area (Å²) in [4.78, 5) is 0. The summed E-state index contributed by atoms with van der Waals surface area (Å²) in [7, 11) is 0. The quantitative estimate of drug-likeness (QED) is 0.829. The van der Waals surface area contributed by atoms with Crippen molar-refractivity contribution >= 4 is 5.69 Å². The highest BCUT2D eigenvalue weighted by Gasteiger charge is 2.30. The summed E-state index contributed by atoms with van der Waals surface area (Å²) in [5.74, 6) is 0. The molecule has 0 bridgehead atoms. The van der Waals surface area contributed by atoms with E-state index in [4.69, 9.17) is 4.74 Å². The van der Waals surface area contributed by atoms with Crippen LogP contribution < -0.4 is 5.32 Å². The van der Waals surface area contributed by atoms with Crippen molar-refractivity contribution in [3.05, 3.63) is 29.8 Å². The average molecular weight is 261 g/mol. The maximum absolute atomic E-state index is 12.5. The molecule has 102 valence electrons. The molecule has 5 heteroatoms. The number of alkyl halides is 3. The van der Waals surface area contributed by atoms with Gasteiger partial charge in [0.15, 0.2) is 0 Å².